The Bertz CT molecular complexity index is 1210. The fraction of sp³-hybridized carbons (Fsp3) is 0.462. The molecule has 2 fully saturated rings. The maximum absolute atomic E-state index is 13.1. The van der Waals surface area contributed by atoms with Crippen LogP contribution in [0, 0.1) is 5.92 Å². The Kier molecular flexibility index (Phi) is 7.45. The van der Waals surface area contributed by atoms with Crippen molar-refractivity contribution in [3.8, 4) is 0 Å². The molecule has 0 saturated carbocycles. The van der Waals surface area contributed by atoms with Crippen LogP contribution in [0.4, 0.5) is 24.5 Å². The summed E-state index contributed by atoms with van der Waals surface area (Å²) in [6, 6.07) is 12.0. The molecule has 0 aromatic heterocycles. The van der Waals surface area contributed by atoms with Gasteiger partial charge in [0.1, 0.15) is 5.78 Å². The number of carbonyl (C=O) groups excluding carboxylic acids is 2. The molecule has 2 aliphatic rings. The lowest BCUT2D eigenvalue weighted by Gasteiger charge is -2.32. The summed E-state index contributed by atoms with van der Waals surface area (Å²) < 4.78 is 61.9. The van der Waals surface area contributed by atoms with E-state index < -0.39 is 27.5 Å². The van der Waals surface area contributed by atoms with Crippen LogP contribution in [0.1, 0.15) is 36.8 Å². The number of alkyl halides is 3. The van der Waals surface area contributed by atoms with Gasteiger partial charge in [-0.3, -0.25) is 9.59 Å². The number of rotatable bonds is 7. The van der Waals surface area contributed by atoms with Crippen LogP contribution in [0.25, 0.3) is 0 Å². The van der Waals surface area contributed by atoms with Crippen molar-refractivity contribution in [2.24, 2.45) is 5.92 Å². The molecule has 2 aromatic rings. The second kappa shape index (κ2) is 10.2. The Hall–Kier alpha value is -2.88. The molecule has 6 nitrogen and oxygen atoms in total. The lowest BCUT2D eigenvalue weighted by Crippen LogP contribution is -2.42. The number of piperidine rings is 1. The van der Waals surface area contributed by atoms with Crippen molar-refractivity contribution in [2.75, 3.05) is 35.7 Å². The Morgan fingerprint density at radius 2 is 1.61 bits per heavy atom. The monoisotopic (exact) mass is 522 g/mol. The van der Waals surface area contributed by atoms with Gasteiger partial charge in [-0.1, -0.05) is 12.1 Å². The number of ketones is 1. The Morgan fingerprint density at radius 3 is 2.19 bits per heavy atom. The van der Waals surface area contributed by atoms with Crippen LogP contribution >= 0.6 is 0 Å². The van der Waals surface area contributed by atoms with Gasteiger partial charge in [-0.25, -0.2) is 8.42 Å². The molecular weight excluding hydrogens is 493 g/mol. The first-order valence-corrected chi connectivity index (χ1v) is 13.9. The molecule has 10 heteroatoms. The largest absolute Gasteiger partial charge is 0.416 e. The lowest BCUT2D eigenvalue weighted by atomic mass is 9.90. The van der Waals surface area contributed by atoms with E-state index in [1.807, 2.05) is 29.2 Å². The quantitative estimate of drug-likeness (QED) is 0.543. The van der Waals surface area contributed by atoms with Gasteiger partial charge in [-0.15, -0.1) is 0 Å². The minimum absolute atomic E-state index is 0.0130. The van der Waals surface area contributed by atoms with Crippen molar-refractivity contribution in [2.45, 2.75) is 43.5 Å². The first-order chi connectivity index (χ1) is 16.9. The van der Waals surface area contributed by atoms with E-state index in [0.717, 1.165) is 29.9 Å². The van der Waals surface area contributed by atoms with E-state index in [-0.39, 0.29) is 29.8 Å². The number of benzene rings is 2. The summed E-state index contributed by atoms with van der Waals surface area (Å²) in [6.07, 6.45) is -1.20. The molecule has 2 atom stereocenters. The van der Waals surface area contributed by atoms with Crippen LogP contribution in [-0.2, 0) is 32.0 Å². The van der Waals surface area contributed by atoms with E-state index in [0.29, 0.717) is 38.0 Å². The number of anilines is 2. The predicted molar refractivity (Wildman–Crippen MR) is 132 cm³/mol. The van der Waals surface area contributed by atoms with Gasteiger partial charge < -0.3 is 9.80 Å². The van der Waals surface area contributed by atoms with Crippen molar-refractivity contribution >= 4 is 32.9 Å². The number of hydrogen-bond acceptors (Lipinski definition) is 5. The van der Waals surface area contributed by atoms with Crippen molar-refractivity contribution < 1.29 is 31.2 Å². The first-order valence-electron chi connectivity index (χ1n) is 11.9. The summed E-state index contributed by atoms with van der Waals surface area (Å²) in [7, 11) is -3.09. The minimum atomic E-state index is -4.42. The van der Waals surface area contributed by atoms with Crippen LogP contribution in [-0.4, -0.2) is 51.2 Å². The zero-order valence-electron chi connectivity index (χ0n) is 20.0. The first kappa shape index (κ1) is 26.2. The van der Waals surface area contributed by atoms with Crippen LogP contribution < -0.4 is 9.80 Å². The number of Topliss-reactive ketones (excluding diaryl/α,β-unsaturated/α-hetero) is 1. The molecule has 2 saturated heterocycles. The zero-order chi connectivity index (χ0) is 26.1. The molecule has 2 aliphatic heterocycles. The zero-order valence-corrected chi connectivity index (χ0v) is 20.8. The number of sulfone groups is 1. The summed E-state index contributed by atoms with van der Waals surface area (Å²) >= 11 is 0. The standard InChI is InChI=1S/C26H29F3N2O4S/c1-36(34,35)24-12-14-30(17-24)21-8-10-22(11-9-21)31-13-2-3-19(25(31)33)16-23(32)15-18-4-6-20(7-5-18)26(27,28)29/h4-11,19,24H,2-3,12-17H2,1H3/t19-,24?/m0/s1. The topological polar surface area (TPSA) is 74.8 Å². The third kappa shape index (κ3) is 6.08. The van der Waals surface area contributed by atoms with Crippen LogP contribution in [0.3, 0.4) is 0 Å². The number of hydrogen-bond donors (Lipinski definition) is 0. The molecular formula is C26H29F3N2O4S. The highest BCUT2D eigenvalue weighted by molar-refractivity contribution is 7.91. The summed E-state index contributed by atoms with van der Waals surface area (Å²) in [6.45, 7) is 1.65. The van der Waals surface area contributed by atoms with Crippen LogP contribution in [0.5, 0.6) is 0 Å². The molecule has 194 valence electrons. The molecule has 2 heterocycles. The fourth-order valence-electron chi connectivity index (χ4n) is 4.94. The van der Waals surface area contributed by atoms with Gasteiger partial charge in [0, 0.05) is 56.0 Å². The molecule has 4 rings (SSSR count). The highest BCUT2D eigenvalue weighted by Crippen LogP contribution is 2.31. The van der Waals surface area contributed by atoms with Crippen molar-refractivity contribution in [3.05, 3.63) is 59.7 Å². The second-order valence-corrected chi connectivity index (χ2v) is 12.0. The average Bonchev–Trinajstić information content (AvgIpc) is 3.31. The number of nitrogens with zero attached hydrogens (tertiary/aromatic N) is 2. The summed E-state index contributed by atoms with van der Waals surface area (Å²) in [4.78, 5) is 29.4. The van der Waals surface area contributed by atoms with E-state index in [4.69, 9.17) is 0 Å². The second-order valence-electron chi connectivity index (χ2n) is 9.65. The van der Waals surface area contributed by atoms with E-state index in [9.17, 15) is 31.2 Å². The highest BCUT2D eigenvalue weighted by Gasteiger charge is 2.33. The Morgan fingerprint density at radius 1 is 0.972 bits per heavy atom. The summed E-state index contributed by atoms with van der Waals surface area (Å²) in [5, 5.41) is -0.373. The van der Waals surface area contributed by atoms with Gasteiger partial charge in [0.2, 0.25) is 5.91 Å². The molecule has 0 aliphatic carbocycles. The van der Waals surface area contributed by atoms with E-state index in [1.165, 1.54) is 18.4 Å². The summed E-state index contributed by atoms with van der Waals surface area (Å²) in [5.41, 5.74) is 1.35. The molecule has 0 bridgehead atoms. The van der Waals surface area contributed by atoms with Gasteiger partial charge in [0.25, 0.3) is 0 Å². The summed E-state index contributed by atoms with van der Waals surface area (Å²) in [5.74, 6) is -0.776. The van der Waals surface area contributed by atoms with Crippen molar-refractivity contribution in [1.82, 2.24) is 0 Å². The van der Waals surface area contributed by atoms with E-state index in [1.54, 1.807) is 4.90 Å². The molecule has 1 unspecified atom stereocenters. The predicted octanol–water partition coefficient (Wildman–Crippen LogP) is 4.27. The molecule has 0 N–H and O–H groups in total. The van der Waals surface area contributed by atoms with E-state index >= 15 is 0 Å². The third-order valence-electron chi connectivity index (χ3n) is 6.98. The lowest BCUT2D eigenvalue weighted by molar-refractivity contribution is -0.137. The SMILES string of the molecule is CS(=O)(=O)C1CCN(c2ccc(N3CCC[C@@H](CC(=O)Cc4ccc(C(F)(F)F)cc4)C3=O)cc2)C1. The van der Waals surface area contributed by atoms with Crippen LogP contribution in [0.2, 0.25) is 0 Å². The smallest absolute Gasteiger partial charge is 0.370 e. The Balaban J connectivity index is 1.35. The molecule has 0 radical (unpaired) electrons. The number of carbonyl (C=O) groups is 2. The number of halogens is 3. The maximum Gasteiger partial charge on any atom is 0.416 e. The highest BCUT2D eigenvalue weighted by atomic mass is 32.2. The third-order valence-corrected chi connectivity index (χ3v) is 8.58. The number of amides is 1. The van der Waals surface area contributed by atoms with Crippen molar-refractivity contribution in [1.29, 1.82) is 0 Å². The van der Waals surface area contributed by atoms with Crippen molar-refractivity contribution in [3.63, 3.8) is 0 Å². The molecule has 2 aromatic carbocycles. The van der Waals surface area contributed by atoms with Gasteiger partial charge in [0.15, 0.2) is 9.84 Å². The Labute approximate surface area is 209 Å². The molecule has 1 amide bonds. The fourth-order valence-corrected chi connectivity index (χ4v) is 5.92. The molecule has 0 spiro atoms. The molecule has 36 heavy (non-hydrogen) atoms. The van der Waals surface area contributed by atoms with Gasteiger partial charge >= 0.3 is 6.18 Å². The van der Waals surface area contributed by atoms with E-state index in [2.05, 4.69) is 0 Å². The van der Waals surface area contributed by atoms with Gasteiger partial charge in [0.05, 0.1) is 10.8 Å². The average molecular weight is 523 g/mol. The minimum Gasteiger partial charge on any atom is -0.370 e. The normalized spacial score (nSPS) is 21.2. The maximum atomic E-state index is 13.1. The van der Waals surface area contributed by atoms with Gasteiger partial charge in [-0.2, -0.15) is 13.2 Å². The van der Waals surface area contributed by atoms with Gasteiger partial charge in [-0.05, 0) is 61.2 Å². The van der Waals surface area contributed by atoms with Crippen LogP contribution in [0.15, 0.2) is 48.5 Å².